The van der Waals surface area contributed by atoms with Crippen LogP contribution >= 0.6 is 0 Å². The molecule has 21 heavy (non-hydrogen) atoms. The summed E-state index contributed by atoms with van der Waals surface area (Å²) in [5.74, 6) is -1.73. The Kier molecular flexibility index (Phi) is 7.33. The Balaban J connectivity index is 4.31. The molecule has 0 aromatic rings. The van der Waals surface area contributed by atoms with Crippen molar-refractivity contribution in [3.05, 3.63) is 0 Å². The molecule has 2 atom stereocenters. The summed E-state index contributed by atoms with van der Waals surface area (Å²) in [6, 6.07) is -0.571. The number of aliphatic carboxylic acids is 2. The lowest BCUT2D eigenvalue weighted by Gasteiger charge is -2.39. The van der Waals surface area contributed by atoms with Gasteiger partial charge in [-0.05, 0) is 37.8 Å². The van der Waals surface area contributed by atoms with E-state index < -0.39 is 28.9 Å². The fraction of sp³-hybridized carbons (Fsp3) is 0.867. The predicted molar refractivity (Wildman–Crippen MR) is 82.4 cm³/mol. The summed E-state index contributed by atoms with van der Waals surface area (Å²) >= 11 is 0. The lowest BCUT2D eigenvalue weighted by Crippen LogP contribution is -2.58. The van der Waals surface area contributed by atoms with Gasteiger partial charge in [-0.1, -0.05) is 34.6 Å². The van der Waals surface area contributed by atoms with Crippen LogP contribution in [0, 0.1) is 11.3 Å². The molecule has 0 radical (unpaired) electrons. The highest BCUT2D eigenvalue weighted by Crippen LogP contribution is 2.30. The second-order valence-electron chi connectivity index (χ2n) is 6.97. The first-order chi connectivity index (χ1) is 9.43. The number of carboxylic acids is 2. The van der Waals surface area contributed by atoms with E-state index >= 15 is 0 Å². The molecule has 4 N–H and O–H groups in total. The van der Waals surface area contributed by atoms with E-state index in [-0.39, 0.29) is 5.92 Å². The third-order valence-electron chi connectivity index (χ3n) is 4.06. The molecule has 0 bridgehead atoms. The van der Waals surface area contributed by atoms with Gasteiger partial charge in [0.1, 0.15) is 11.6 Å². The highest BCUT2D eigenvalue weighted by Gasteiger charge is 2.43. The SMILES string of the molecule is CC(C)C(NCCCNC(C)(C(=O)O)C(C)(C)C)C(=O)O. The van der Waals surface area contributed by atoms with Crippen molar-refractivity contribution in [3.8, 4) is 0 Å². The smallest absolute Gasteiger partial charge is 0.324 e. The lowest BCUT2D eigenvalue weighted by molar-refractivity contribution is -0.149. The molecule has 0 aromatic heterocycles. The van der Waals surface area contributed by atoms with Crippen LogP contribution < -0.4 is 10.6 Å². The zero-order valence-corrected chi connectivity index (χ0v) is 14.0. The van der Waals surface area contributed by atoms with E-state index in [0.717, 1.165) is 0 Å². The molecule has 0 aliphatic heterocycles. The fourth-order valence-corrected chi connectivity index (χ4v) is 1.95. The van der Waals surface area contributed by atoms with Crippen molar-refractivity contribution in [2.75, 3.05) is 13.1 Å². The van der Waals surface area contributed by atoms with Gasteiger partial charge in [0.15, 0.2) is 0 Å². The highest BCUT2D eigenvalue weighted by atomic mass is 16.4. The molecule has 2 unspecified atom stereocenters. The van der Waals surface area contributed by atoms with Crippen LogP contribution in [-0.4, -0.2) is 46.8 Å². The molecule has 0 amide bonds. The Morgan fingerprint density at radius 2 is 1.57 bits per heavy atom. The molecule has 0 saturated carbocycles. The lowest BCUT2D eigenvalue weighted by atomic mass is 9.75. The van der Waals surface area contributed by atoms with Crippen LogP contribution in [0.1, 0.15) is 48.0 Å². The fourth-order valence-electron chi connectivity index (χ4n) is 1.95. The van der Waals surface area contributed by atoms with Crippen molar-refractivity contribution in [2.45, 2.75) is 59.5 Å². The quantitative estimate of drug-likeness (QED) is 0.482. The van der Waals surface area contributed by atoms with Gasteiger partial charge >= 0.3 is 11.9 Å². The first-order valence-corrected chi connectivity index (χ1v) is 7.38. The van der Waals surface area contributed by atoms with Crippen LogP contribution in [0.25, 0.3) is 0 Å². The van der Waals surface area contributed by atoms with Gasteiger partial charge in [0.2, 0.25) is 0 Å². The Labute approximate surface area is 127 Å². The molecule has 0 aliphatic rings. The molecule has 6 nitrogen and oxygen atoms in total. The third-order valence-corrected chi connectivity index (χ3v) is 4.06. The normalized spacial score (nSPS) is 16.5. The van der Waals surface area contributed by atoms with Crippen molar-refractivity contribution >= 4 is 11.9 Å². The zero-order chi connectivity index (χ0) is 16.8. The van der Waals surface area contributed by atoms with Crippen LogP contribution in [0.5, 0.6) is 0 Å². The molecule has 0 aliphatic carbocycles. The van der Waals surface area contributed by atoms with E-state index in [2.05, 4.69) is 10.6 Å². The predicted octanol–water partition coefficient (Wildman–Crippen LogP) is 1.55. The van der Waals surface area contributed by atoms with Crippen LogP contribution in [-0.2, 0) is 9.59 Å². The Hall–Kier alpha value is -1.14. The summed E-state index contributed by atoms with van der Waals surface area (Å²) in [4.78, 5) is 22.5. The number of carbonyl (C=O) groups is 2. The van der Waals surface area contributed by atoms with Crippen LogP contribution in [0.4, 0.5) is 0 Å². The molecule has 0 spiro atoms. The third kappa shape index (κ3) is 5.63. The summed E-state index contributed by atoms with van der Waals surface area (Å²) in [6.45, 7) is 12.1. The number of carboxylic acid groups (broad SMARTS) is 2. The molecule has 124 valence electrons. The highest BCUT2D eigenvalue weighted by molar-refractivity contribution is 5.79. The molecule has 0 saturated heterocycles. The first-order valence-electron chi connectivity index (χ1n) is 7.38. The average molecular weight is 302 g/mol. The van der Waals surface area contributed by atoms with Crippen molar-refractivity contribution < 1.29 is 19.8 Å². The summed E-state index contributed by atoms with van der Waals surface area (Å²) in [6.07, 6.45) is 0.662. The van der Waals surface area contributed by atoms with Crippen molar-refractivity contribution in [2.24, 2.45) is 11.3 Å². The van der Waals surface area contributed by atoms with Gasteiger partial charge in [0, 0.05) is 0 Å². The first kappa shape index (κ1) is 19.9. The number of hydrogen-bond donors (Lipinski definition) is 4. The minimum absolute atomic E-state index is 0.00863. The van der Waals surface area contributed by atoms with Crippen molar-refractivity contribution in [1.82, 2.24) is 10.6 Å². The van der Waals surface area contributed by atoms with E-state index in [4.69, 9.17) is 5.11 Å². The molecule has 0 rings (SSSR count). The molecule has 0 fully saturated rings. The van der Waals surface area contributed by atoms with Crippen molar-refractivity contribution in [1.29, 1.82) is 0 Å². The van der Waals surface area contributed by atoms with Crippen LogP contribution in [0.2, 0.25) is 0 Å². The standard InChI is InChI=1S/C15H30N2O4/c1-10(2)11(12(18)19)16-8-7-9-17-15(6,13(20)21)14(3,4)5/h10-11,16-17H,7-9H2,1-6H3,(H,18,19)(H,20,21). The number of nitrogens with one attached hydrogen (secondary N) is 2. The molecule has 6 heteroatoms. The second-order valence-corrected chi connectivity index (χ2v) is 6.97. The van der Waals surface area contributed by atoms with E-state index in [1.165, 1.54) is 0 Å². The van der Waals surface area contributed by atoms with Crippen LogP contribution in [0.15, 0.2) is 0 Å². The van der Waals surface area contributed by atoms with E-state index in [9.17, 15) is 14.7 Å². The molecule has 0 heterocycles. The maximum atomic E-state index is 11.5. The molecular formula is C15H30N2O4. The minimum Gasteiger partial charge on any atom is -0.480 e. The number of hydrogen-bond acceptors (Lipinski definition) is 4. The average Bonchev–Trinajstić information content (AvgIpc) is 2.30. The maximum absolute atomic E-state index is 11.5. The van der Waals surface area contributed by atoms with Gasteiger partial charge < -0.3 is 20.8 Å². The summed E-state index contributed by atoms with van der Waals surface area (Å²) in [5, 5.41) is 24.5. The van der Waals surface area contributed by atoms with Crippen molar-refractivity contribution in [3.63, 3.8) is 0 Å². The summed E-state index contributed by atoms with van der Waals surface area (Å²) in [7, 11) is 0. The van der Waals surface area contributed by atoms with E-state index in [1.54, 1.807) is 6.92 Å². The topological polar surface area (TPSA) is 98.7 Å². The van der Waals surface area contributed by atoms with E-state index in [0.29, 0.717) is 19.5 Å². The summed E-state index contributed by atoms with van der Waals surface area (Å²) < 4.78 is 0. The van der Waals surface area contributed by atoms with E-state index in [1.807, 2.05) is 34.6 Å². The van der Waals surface area contributed by atoms with Gasteiger partial charge in [0.05, 0.1) is 0 Å². The number of rotatable bonds is 9. The second kappa shape index (κ2) is 7.75. The van der Waals surface area contributed by atoms with Gasteiger partial charge in [-0.25, -0.2) is 0 Å². The maximum Gasteiger partial charge on any atom is 0.324 e. The Bertz CT molecular complexity index is 363. The monoisotopic (exact) mass is 302 g/mol. The Morgan fingerprint density at radius 3 is 1.90 bits per heavy atom. The van der Waals surface area contributed by atoms with Gasteiger partial charge in [-0.3, -0.25) is 9.59 Å². The largest absolute Gasteiger partial charge is 0.480 e. The minimum atomic E-state index is -1.02. The van der Waals surface area contributed by atoms with Crippen LogP contribution in [0.3, 0.4) is 0 Å². The molecular weight excluding hydrogens is 272 g/mol. The van der Waals surface area contributed by atoms with Gasteiger partial charge in [-0.15, -0.1) is 0 Å². The van der Waals surface area contributed by atoms with Gasteiger partial charge in [0.25, 0.3) is 0 Å². The zero-order valence-electron chi connectivity index (χ0n) is 14.0. The van der Waals surface area contributed by atoms with Gasteiger partial charge in [-0.2, -0.15) is 0 Å². The Morgan fingerprint density at radius 1 is 1.05 bits per heavy atom. The molecule has 0 aromatic carbocycles. The summed E-state index contributed by atoms with van der Waals surface area (Å²) in [5.41, 5.74) is -1.44.